The second-order valence-corrected chi connectivity index (χ2v) is 7.34. The van der Waals surface area contributed by atoms with Gasteiger partial charge in [-0.15, -0.1) is 0 Å². The number of ether oxygens (including phenoxy) is 1. The number of hydrogen-bond donors (Lipinski definition) is 1. The van der Waals surface area contributed by atoms with Gasteiger partial charge in [-0.2, -0.15) is 0 Å². The van der Waals surface area contributed by atoms with E-state index in [9.17, 15) is 9.59 Å². The summed E-state index contributed by atoms with van der Waals surface area (Å²) in [4.78, 5) is 24.1. The Hall–Kier alpha value is -2.38. The van der Waals surface area contributed by atoms with Gasteiger partial charge >= 0.3 is 5.97 Å². The van der Waals surface area contributed by atoms with Crippen LogP contribution in [0.4, 0.5) is 0 Å². The van der Waals surface area contributed by atoms with Gasteiger partial charge < -0.3 is 14.5 Å². The van der Waals surface area contributed by atoms with Crippen molar-refractivity contribution in [2.45, 2.75) is 19.8 Å². The third-order valence-electron chi connectivity index (χ3n) is 3.68. The summed E-state index contributed by atoms with van der Waals surface area (Å²) in [5.74, 6) is 0.665. The van der Waals surface area contributed by atoms with E-state index in [0.717, 1.165) is 18.4 Å². The molecule has 134 valence electrons. The SMILES string of the molecule is CCCCOC(=O)c1ccc(-c2ccc(/C=C3\SC(=S)NC3=O)o2)cc1. The van der Waals surface area contributed by atoms with Crippen molar-refractivity contribution in [3.63, 3.8) is 0 Å². The van der Waals surface area contributed by atoms with Gasteiger partial charge in [0.2, 0.25) is 0 Å². The first-order valence-electron chi connectivity index (χ1n) is 8.19. The zero-order chi connectivity index (χ0) is 18.5. The number of thioether (sulfide) groups is 1. The summed E-state index contributed by atoms with van der Waals surface area (Å²) in [6.45, 7) is 2.48. The van der Waals surface area contributed by atoms with Gasteiger partial charge in [0.25, 0.3) is 5.91 Å². The van der Waals surface area contributed by atoms with Crippen LogP contribution in [0.5, 0.6) is 0 Å². The fourth-order valence-corrected chi connectivity index (χ4v) is 3.32. The van der Waals surface area contributed by atoms with E-state index in [2.05, 4.69) is 5.32 Å². The monoisotopic (exact) mass is 387 g/mol. The van der Waals surface area contributed by atoms with Crippen LogP contribution in [0.15, 0.2) is 45.7 Å². The van der Waals surface area contributed by atoms with Crippen molar-refractivity contribution in [1.29, 1.82) is 0 Å². The zero-order valence-corrected chi connectivity index (χ0v) is 15.7. The number of hydrogen-bond acceptors (Lipinski definition) is 6. The minimum absolute atomic E-state index is 0.219. The highest BCUT2D eigenvalue weighted by molar-refractivity contribution is 8.26. The quantitative estimate of drug-likeness (QED) is 0.343. The van der Waals surface area contributed by atoms with Gasteiger partial charge in [-0.1, -0.05) is 49.5 Å². The topological polar surface area (TPSA) is 68.5 Å². The van der Waals surface area contributed by atoms with Gasteiger partial charge in [0.05, 0.1) is 17.1 Å². The predicted molar refractivity (Wildman–Crippen MR) is 106 cm³/mol. The smallest absolute Gasteiger partial charge is 0.338 e. The first-order valence-corrected chi connectivity index (χ1v) is 9.41. The summed E-state index contributed by atoms with van der Waals surface area (Å²) < 4.78 is 11.4. The molecule has 2 aromatic rings. The van der Waals surface area contributed by atoms with Gasteiger partial charge in [-0.3, -0.25) is 4.79 Å². The molecule has 1 aliphatic heterocycles. The molecule has 1 N–H and O–H groups in total. The first-order chi connectivity index (χ1) is 12.6. The van der Waals surface area contributed by atoms with Crippen LogP contribution in [-0.2, 0) is 9.53 Å². The van der Waals surface area contributed by atoms with Crippen molar-refractivity contribution < 1.29 is 18.7 Å². The Morgan fingerprint density at radius 3 is 2.69 bits per heavy atom. The van der Waals surface area contributed by atoms with Crippen LogP contribution in [0.25, 0.3) is 17.4 Å². The van der Waals surface area contributed by atoms with Crippen molar-refractivity contribution in [3.05, 3.63) is 52.6 Å². The number of unbranched alkanes of at least 4 members (excludes halogenated alkanes) is 1. The van der Waals surface area contributed by atoms with E-state index in [1.165, 1.54) is 11.8 Å². The third kappa shape index (κ3) is 4.42. The van der Waals surface area contributed by atoms with Crippen molar-refractivity contribution in [3.8, 4) is 11.3 Å². The van der Waals surface area contributed by atoms with E-state index in [1.807, 2.05) is 13.0 Å². The highest BCUT2D eigenvalue weighted by atomic mass is 32.2. The minimum atomic E-state index is -0.324. The highest BCUT2D eigenvalue weighted by Gasteiger charge is 2.22. The summed E-state index contributed by atoms with van der Waals surface area (Å²) in [6, 6.07) is 10.6. The largest absolute Gasteiger partial charge is 0.462 e. The summed E-state index contributed by atoms with van der Waals surface area (Å²) in [5, 5.41) is 2.56. The van der Waals surface area contributed by atoms with Crippen molar-refractivity contribution >= 4 is 46.3 Å². The van der Waals surface area contributed by atoms with E-state index in [-0.39, 0.29) is 11.9 Å². The number of rotatable bonds is 6. The Kier molecular flexibility index (Phi) is 5.90. The van der Waals surface area contributed by atoms with Gasteiger partial charge in [-0.25, -0.2) is 4.79 Å². The lowest BCUT2D eigenvalue weighted by Gasteiger charge is -2.04. The summed E-state index contributed by atoms with van der Waals surface area (Å²) >= 11 is 6.17. The maximum Gasteiger partial charge on any atom is 0.338 e. The molecule has 26 heavy (non-hydrogen) atoms. The van der Waals surface area contributed by atoms with Crippen molar-refractivity contribution in [2.24, 2.45) is 0 Å². The number of carbonyl (C=O) groups is 2. The molecule has 2 heterocycles. The fourth-order valence-electron chi connectivity index (χ4n) is 2.30. The molecule has 0 unspecified atom stereocenters. The van der Waals surface area contributed by atoms with E-state index in [1.54, 1.807) is 36.4 Å². The molecule has 7 heteroatoms. The maximum atomic E-state index is 11.9. The van der Waals surface area contributed by atoms with Crippen LogP contribution in [0, 0.1) is 0 Å². The van der Waals surface area contributed by atoms with Crippen LogP contribution in [0.3, 0.4) is 0 Å². The molecule has 0 atom stereocenters. The van der Waals surface area contributed by atoms with Crippen molar-refractivity contribution in [2.75, 3.05) is 6.61 Å². The summed E-state index contributed by atoms with van der Waals surface area (Å²) in [7, 11) is 0. The highest BCUT2D eigenvalue weighted by Crippen LogP contribution is 2.28. The molecule has 3 rings (SSSR count). The lowest BCUT2D eigenvalue weighted by Crippen LogP contribution is -2.17. The predicted octanol–water partition coefficient (Wildman–Crippen LogP) is 4.39. The first kappa shape index (κ1) is 18.4. The second kappa shape index (κ2) is 8.33. The molecule has 1 aromatic carbocycles. The molecule has 1 saturated heterocycles. The van der Waals surface area contributed by atoms with Gasteiger partial charge in [0.15, 0.2) is 0 Å². The number of nitrogens with one attached hydrogen (secondary N) is 1. The lowest BCUT2D eigenvalue weighted by atomic mass is 10.1. The van der Waals surface area contributed by atoms with E-state index in [0.29, 0.717) is 32.9 Å². The Balaban J connectivity index is 1.70. The van der Waals surface area contributed by atoms with Crippen LogP contribution in [0.1, 0.15) is 35.9 Å². The molecule has 1 fully saturated rings. The van der Waals surface area contributed by atoms with Crippen LogP contribution in [-0.4, -0.2) is 22.8 Å². The van der Waals surface area contributed by atoms with Gasteiger partial charge in [0.1, 0.15) is 15.8 Å². The average Bonchev–Trinajstić information content (AvgIpc) is 3.22. The Labute approximate surface area is 160 Å². The Morgan fingerprint density at radius 2 is 2.04 bits per heavy atom. The molecule has 0 radical (unpaired) electrons. The van der Waals surface area contributed by atoms with E-state index >= 15 is 0 Å². The standard InChI is InChI=1S/C19H17NO4S2/c1-2-3-10-23-18(22)13-6-4-12(5-7-13)15-9-8-14(24-15)11-16-17(21)20-19(25)26-16/h4-9,11H,2-3,10H2,1H3,(H,20,21,25)/b16-11-. The number of amides is 1. The average molecular weight is 387 g/mol. The van der Waals surface area contributed by atoms with Crippen LogP contribution >= 0.6 is 24.0 Å². The number of carbonyl (C=O) groups excluding carboxylic acids is 2. The zero-order valence-electron chi connectivity index (χ0n) is 14.1. The molecule has 0 bridgehead atoms. The maximum absolute atomic E-state index is 11.9. The fraction of sp³-hybridized carbons (Fsp3) is 0.211. The molecule has 1 aromatic heterocycles. The molecular formula is C19H17NO4S2. The molecule has 5 nitrogen and oxygen atoms in total. The molecule has 1 amide bonds. The van der Waals surface area contributed by atoms with Crippen LogP contribution in [0.2, 0.25) is 0 Å². The molecule has 0 spiro atoms. The summed E-state index contributed by atoms with van der Waals surface area (Å²) in [5.41, 5.74) is 1.34. The molecular weight excluding hydrogens is 370 g/mol. The number of benzene rings is 1. The van der Waals surface area contributed by atoms with Crippen LogP contribution < -0.4 is 5.32 Å². The third-order valence-corrected chi connectivity index (χ3v) is 4.84. The van der Waals surface area contributed by atoms with Gasteiger partial charge in [-0.05, 0) is 30.7 Å². The second-order valence-electron chi connectivity index (χ2n) is 5.62. The van der Waals surface area contributed by atoms with Gasteiger partial charge in [0, 0.05) is 11.6 Å². The Bertz CT molecular complexity index is 868. The normalized spacial score (nSPS) is 15.3. The molecule has 0 saturated carbocycles. The molecule has 1 aliphatic rings. The number of esters is 1. The molecule has 0 aliphatic carbocycles. The van der Waals surface area contributed by atoms with E-state index in [4.69, 9.17) is 21.4 Å². The van der Waals surface area contributed by atoms with Crippen molar-refractivity contribution in [1.82, 2.24) is 5.32 Å². The minimum Gasteiger partial charge on any atom is -0.462 e. The number of furan rings is 1. The number of thiocarbonyl (C=S) groups is 1. The summed E-state index contributed by atoms with van der Waals surface area (Å²) in [6.07, 6.45) is 3.49. The Morgan fingerprint density at radius 1 is 1.27 bits per heavy atom. The van der Waals surface area contributed by atoms with E-state index < -0.39 is 0 Å². The lowest BCUT2D eigenvalue weighted by molar-refractivity contribution is -0.115.